The SMILES string of the molecule is [CH-]=C([C-]=[V])C(=[CH-])[C-]=[V].[V]=[V].[V]=[V].[V]=[V].[V]=[V]. The van der Waals surface area contributed by atoms with E-state index in [1.165, 1.54) is 0 Å². The Labute approximate surface area is 180 Å². The maximum absolute atomic E-state index is 5.28. The third-order valence-corrected chi connectivity index (χ3v) is 1.28. The zero-order valence-corrected chi connectivity index (χ0v) is 21.6. The first kappa shape index (κ1) is 32.9. The van der Waals surface area contributed by atoms with Crippen molar-refractivity contribution >= 4 is 9.46 Å². The second kappa shape index (κ2) is 42.7. The van der Waals surface area contributed by atoms with Crippen LogP contribution in [0.4, 0.5) is 0 Å². The molecule has 0 fully saturated rings. The zero-order chi connectivity index (χ0) is 14.6. The van der Waals surface area contributed by atoms with E-state index >= 15 is 0 Å². The molecule has 0 saturated carbocycles. The topological polar surface area (TPSA) is 0 Å². The van der Waals surface area contributed by atoms with E-state index in [-0.39, 0.29) is 0 Å². The van der Waals surface area contributed by atoms with Gasteiger partial charge >= 0.3 is 185 Å². The molecule has 0 amide bonds. The van der Waals surface area contributed by atoms with Gasteiger partial charge in [-0.3, -0.25) is 0 Å². The fourth-order valence-corrected chi connectivity index (χ4v) is 0.497. The molecular formula is C6H2V10-4. The fourth-order valence-electron chi connectivity index (χ4n) is 0.120. The Hall–Kier alpha value is 5.06. The van der Waals surface area contributed by atoms with Crippen LogP contribution in [0.1, 0.15) is 0 Å². The average Bonchev–Trinajstić information content (AvgIpc) is 2.45. The molecule has 0 rings (SSSR count). The molecular weight excluding hydrogens is 582 g/mol. The van der Waals surface area contributed by atoms with Gasteiger partial charge in [-0.1, -0.05) is 0 Å². The molecule has 0 spiro atoms. The van der Waals surface area contributed by atoms with Crippen molar-refractivity contribution in [3.8, 4) is 0 Å². The average molecular weight is 584 g/mol. The van der Waals surface area contributed by atoms with Crippen molar-refractivity contribution in [3.05, 3.63) is 24.3 Å². The van der Waals surface area contributed by atoms with Crippen molar-refractivity contribution < 1.29 is 151 Å². The Morgan fingerprint density at radius 1 is 0.562 bits per heavy atom. The Morgan fingerprint density at radius 2 is 0.688 bits per heavy atom. The van der Waals surface area contributed by atoms with Gasteiger partial charge in [0, 0.05) is 0 Å². The van der Waals surface area contributed by atoms with Crippen molar-refractivity contribution in [2.45, 2.75) is 0 Å². The quantitative estimate of drug-likeness (QED) is 0.328. The minimum absolute atomic E-state index is 0.422. The van der Waals surface area contributed by atoms with Gasteiger partial charge in [0.05, 0.1) is 0 Å². The summed E-state index contributed by atoms with van der Waals surface area (Å²) >= 11 is 22.2. The van der Waals surface area contributed by atoms with Gasteiger partial charge < -0.3 is 0 Å². The van der Waals surface area contributed by atoms with Crippen LogP contribution in [-0.2, 0) is 151 Å². The summed E-state index contributed by atoms with van der Waals surface area (Å²) in [6.45, 7) is 10.6. The molecule has 0 aliphatic carbocycles. The molecule has 0 aromatic carbocycles. The van der Waals surface area contributed by atoms with Crippen molar-refractivity contribution in [1.82, 2.24) is 0 Å². The molecule has 0 unspecified atom stereocenters. The van der Waals surface area contributed by atoms with Crippen LogP contribution in [0.3, 0.4) is 0 Å². The number of allylic oxidation sites excluding steroid dienone is 2. The molecule has 0 radical (unpaired) electrons. The summed E-state index contributed by atoms with van der Waals surface area (Å²) in [5, 5.41) is 0. The van der Waals surface area contributed by atoms with Crippen LogP contribution in [0.2, 0.25) is 0 Å². The minimum atomic E-state index is 0.422. The first-order valence-corrected chi connectivity index (χ1v) is 16.8. The summed E-state index contributed by atoms with van der Waals surface area (Å²) in [5.74, 6) is 0. The molecule has 0 N–H and O–H groups in total. The van der Waals surface area contributed by atoms with Gasteiger partial charge in [0.25, 0.3) is 0 Å². The predicted octanol–water partition coefficient (Wildman–Crippen LogP) is 0.137. The summed E-state index contributed by atoms with van der Waals surface area (Å²) in [7, 11) is 0. The summed E-state index contributed by atoms with van der Waals surface area (Å²) in [6.07, 6.45) is 0. The van der Waals surface area contributed by atoms with E-state index in [0.717, 1.165) is 0 Å². The second-order valence-electron chi connectivity index (χ2n) is 1.05. The maximum atomic E-state index is 5.28. The Kier molecular flexibility index (Phi) is 87.7. The van der Waals surface area contributed by atoms with E-state index in [4.69, 9.17) is 13.2 Å². The van der Waals surface area contributed by atoms with Crippen molar-refractivity contribution in [2.24, 2.45) is 0 Å². The normalized spacial score (nSPS) is 4.12. The molecule has 0 bridgehead atoms. The van der Waals surface area contributed by atoms with Gasteiger partial charge in [0.1, 0.15) is 0 Å². The van der Waals surface area contributed by atoms with E-state index in [1.54, 1.807) is 0 Å². The first-order valence-electron chi connectivity index (χ1n) is 2.57. The van der Waals surface area contributed by atoms with E-state index < -0.39 is 0 Å². The molecule has 0 aromatic rings. The van der Waals surface area contributed by atoms with Gasteiger partial charge in [-0.25, -0.2) is 0 Å². The predicted molar refractivity (Wildman–Crippen MR) is 25.6 cm³/mol. The molecule has 0 saturated heterocycles. The molecule has 10 heteroatoms. The van der Waals surface area contributed by atoms with E-state index in [1.807, 2.05) is 0 Å². The van der Waals surface area contributed by atoms with Crippen molar-refractivity contribution in [2.75, 3.05) is 0 Å². The van der Waals surface area contributed by atoms with Crippen LogP contribution in [-0.4, -0.2) is 9.46 Å². The van der Waals surface area contributed by atoms with E-state index in [2.05, 4.69) is 160 Å². The first-order chi connectivity index (χ1) is 7.72. The molecule has 0 heterocycles. The standard InChI is InChI=1S/C6H2.10V/c1-5(2)6(3)4;;;;;;;;;;/h1,3H;;;;;;;;;;/q-4;;;;;;;;;;. The Bertz CT molecular complexity index is 173. The van der Waals surface area contributed by atoms with Gasteiger partial charge in [-0.05, 0) is 0 Å². The summed E-state index contributed by atoms with van der Waals surface area (Å²) in [4.78, 5) is 0. The molecule has 0 aliphatic rings. The summed E-state index contributed by atoms with van der Waals surface area (Å²) < 4.78 is 5.23. The molecule has 0 aliphatic heterocycles. The zero-order valence-electron chi connectivity index (χ0n) is 7.63. The second-order valence-corrected chi connectivity index (χ2v) is 1.75. The van der Waals surface area contributed by atoms with Crippen LogP contribution >= 0.6 is 0 Å². The van der Waals surface area contributed by atoms with E-state index in [9.17, 15) is 0 Å². The van der Waals surface area contributed by atoms with Gasteiger partial charge in [0.2, 0.25) is 0 Å². The third kappa shape index (κ3) is 36.4. The number of hydrogen-bond donors (Lipinski definition) is 0. The number of hydrogen-bond acceptors (Lipinski definition) is 0. The van der Waals surface area contributed by atoms with Crippen LogP contribution in [0.5, 0.6) is 0 Å². The van der Waals surface area contributed by atoms with Crippen LogP contribution in [0, 0.1) is 13.2 Å². The van der Waals surface area contributed by atoms with Crippen LogP contribution in [0.25, 0.3) is 0 Å². The Balaban J connectivity index is -0.0000000426. The van der Waals surface area contributed by atoms with Gasteiger partial charge in [-0.15, -0.1) is 0 Å². The number of rotatable bonds is 3. The molecule has 80 valence electrons. The fraction of sp³-hybridized carbons (Fsp3) is 0. The van der Waals surface area contributed by atoms with Crippen LogP contribution in [0.15, 0.2) is 11.1 Å². The molecule has 0 atom stereocenters. The monoisotopic (exact) mass is 583 g/mol. The van der Waals surface area contributed by atoms with Crippen molar-refractivity contribution in [3.63, 3.8) is 0 Å². The summed E-state index contributed by atoms with van der Waals surface area (Å²) in [6, 6.07) is 0. The van der Waals surface area contributed by atoms with Crippen molar-refractivity contribution in [1.29, 1.82) is 0 Å². The van der Waals surface area contributed by atoms with Crippen LogP contribution < -0.4 is 0 Å². The molecule has 0 aromatic heterocycles. The van der Waals surface area contributed by atoms with Gasteiger partial charge in [-0.2, -0.15) is 0 Å². The summed E-state index contributed by atoms with van der Waals surface area (Å²) in [5.41, 5.74) is 0.844. The Morgan fingerprint density at radius 3 is 0.750 bits per heavy atom. The molecule has 0 nitrogen and oxygen atoms in total. The third-order valence-electron chi connectivity index (χ3n) is 0.531. The van der Waals surface area contributed by atoms with E-state index in [0.29, 0.717) is 11.1 Å². The molecule has 16 heavy (non-hydrogen) atoms. The van der Waals surface area contributed by atoms with Gasteiger partial charge in [0.15, 0.2) is 0 Å².